The molecule has 0 bridgehead atoms. The van der Waals surface area contributed by atoms with Gasteiger partial charge in [-0.05, 0) is 28.1 Å². The molecule has 2 N–H and O–H groups in total. The number of nitrogens with zero attached hydrogens (tertiary/aromatic N) is 2. The molecule has 2 aromatic rings. The first kappa shape index (κ1) is 21.8. The fourth-order valence-corrected chi connectivity index (χ4v) is 10.9. The Kier molecular flexibility index (Phi) is 6.44. The van der Waals surface area contributed by atoms with Crippen LogP contribution in [0.15, 0.2) is 38.4 Å². The second-order valence-electron chi connectivity index (χ2n) is 8.27. The van der Waals surface area contributed by atoms with Gasteiger partial charge in [0.15, 0.2) is 0 Å². The Morgan fingerprint density at radius 3 is 1.90 bits per heavy atom. The van der Waals surface area contributed by atoms with Gasteiger partial charge in [-0.15, -0.1) is 11.3 Å². The Balaban J connectivity index is 1.35. The minimum absolute atomic E-state index is 0.443. The van der Waals surface area contributed by atoms with E-state index in [0.29, 0.717) is 12.8 Å². The van der Waals surface area contributed by atoms with Gasteiger partial charge in [0.1, 0.15) is 0 Å². The van der Waals surface area contributed by atoms with Gasteiger partial charge in [-0.2, -0.15) is 0 Å². The summed E-state index contributed by atoms with van der Waals surface area (Å²) >= 11 is 4.66. The fraction of sp³-hybridized carbons (Fsp3) is 0.474. The van der Waals surface area contributed by atoms with Gasteiger partial charge in [0.2, 0.25) is 0 Å². The van der Waals surface area contributed by atoms with E-state index in [2.05, 4.69) is 53.2 Å². The second kappa shape index (κ2) is 8.58. The molecule has 0 amide bonds. The molecule has 0 saturated heterocycles. The molecule has 156 valence electrons. The van der Waals surface area contributed by atoms with Gasteiger partial charge in [0, 0.05) is 0 Å². The Morgan fingerprint density at radius 1 is 0.931 bits per heavy atom. The van der Waals surface area contributed by atoms with Gasteiger partial charge in [-0.3, -0.25) is 0 Å². The van der Waals surface area contributed by atoms with Crippen LogP contribution in [0.3, 0.4) is 0 Å². The van der Waals surface area contributed by atoms with Crippen LogP contribution in [0.4, 0.5) is 0 Å². The van der Waals surface area contributed by atoms with E-state index in [9.17, 15) is 10.2 Å². The van der Waals surface area contributed by atoms with Crippen molar-refractivity contribution >= 4 is 71.3 Å². The molecule has 0 radical (unpaired) electrons. The summed E-state index contributed by atoms with van der Waals surface area (Å²) in [7, 11) is 0. The van der Waals surface area contributed by atoms with Crippen LogP contribution in [0.25, 0.3) is 0 Å². The monoisotopic (exact) mass is 606 g/mol. The quantitative estimate of drug-likeness (QED) is 0.494. The average Bonchev–Trinajstić information content (AvgIpc) is 3.45. The van der Waals surface area contributed by atoms with E-state index in [-0.39, 0.29) is 0 Å². The molecule has 2 aliphatic rings. The van der Waals surface area contributed by atoms with Crippen molar-refractivity contribution < 1.29 is 19.9 Å². The standard InChI is InChI=1S/C16H14BrN2O4S2.3CH3.Sn/c17-14-4-3-13(25-14)9-7-11(23-19-9)16(21)15(20)10-6-8(18-22-10)12-2-1-5-24-12;;;;/h1-4,10-11,15-16,20-21H,6-7H2;3*1H3;. The van der Waals surface area contributed by atoms with Gasteiger partial charge in [-0.1, -0.05) is 0 Å². The summed E-state index contributed by atoms with van der Waals surface area (Å²) in [6, 6.07) is 8.20. The summed E-state index contributed by atoms with van der Waals surface area (Å²) < 4.78 is 2.49. The van der Waals surface area contributed by atoms with E-state index in [4.69, 9.17) is 9.68 Å². The number of oxime groups is 2. The van der Waals surface area contributed by atoms with Crippen LogP contribution in [0.5, 0.6) is 0 Å². The number of rotatable bonds is 6. The zero-order valence-corrected chi connectivity index (χ0v) is 22.4. The molecule has 0 aliphatic carbocycles. The third kappa shape index (κ3) is 4.74. The van der Waals surface area contributed by atoms with Crippen molar-refractivity contribution in [1.82, 2.24) is 0 Å². The first-order chi connectivity index (χ1) is 13.7. The first-order valence-electron chi connectivity index (χ1n) is 9.40. The number of aliphatic hydroxyl groups is 2. The molecule has 4 unspecified atom stereocenters. The molecule has 2 aliphatic heterocycles. The third-order valence-electron chi connectivity index (χ3n) is 4.98. The van der Waals surface area contributed by atoms with E-state index >= 15 is 0 Å². The van der Waals surface area contributed by atoms with Crippen LogP contribution in [0, 0.1) is 0 Å². The van der Waals surface area contributed by atoms with E-state index < -0.39 is 42.8 Å². The van der Waals surface area contributed by atoms with Crippen LogP contribution < -0.4 is 2.89 Å². The molecular formula is C19H23BrN2O4S2Sn. The van der Waals surface area contributed by atoms with Gasteiger partial charge in [0.25, 0.3) is 0 Å². The molecule has 0 saturated carbocycles. The number of hydrogen-bond donors (Lipinski definition) is 2. The van der Waals surface area contributed by atoms with Crippen molar-refractivity contribution in [1.29, 1.82) is 0 Å². The first-order valence-corrected chi connectivity index (χ1v) is 21.8. The van der Waals surface area contributed by atoms with Gasteiger partial charge < -0.3 is 0 Å². The predicted molar refractivity (Wildman–Crippen MR) is 123 cm³/mol. The Morgan fingerprint density at radius 2 is 1.45 bits per heavy atom. The normalized spacial score (nSPS) is 23.9. The van der Waals surface area contributed by atoms with Crippen LogP contribution in [-0.4, -0.2) is 64.4 Å². The Hall–Kier alpha value is -0.461. The van der Waals surface area contributed by atoms with Crippen molar-refractivity contribution in [3.8, 4) is 0 Å². The van der Waals surface area contributed by atoms with Crippen LogP contribution in [0.1, 0.15) is 22.6 Å². The van der Waals surface area contributed by atoms with Gasteiger partial charge >= 0.3 is 148 Å². The number of aliphatic hydroxyl groups excluding tert-OH is 2. The second-order valence-corrected chi connectivity index (χ2v) is 27.2. The predicted octanol–water partition coefficient (Wildman–Crippen LogP) is 3.53. The van der Waals surface area contributed by atoms with Crippen molar-refractivity contribution in [3.63, 3.8) is 0 Å². The van der Waals surface area contributed by atoms with Crippen LogP contribution in [0.2, 0.25) is 14.8 Å². The third-order valence-corrected chi connectivity index (χ3v) is 17.3. The molecule has 10 heteroatoms. The number of hydrogen-bond acceptors (Lipinski definition) is 8. The summed E-state index contributed by atoms with van der Waals surface area (Å²) in [4.78, 5) is 20.1. The maximum absolute atomic E-state index is 10.7. The topological polar surface area (TPSA) is 83.6 Å². The molecule has 0 aromatic carbocycles. The summed E-state index contributed by atoms with van der Waals surface area (Å²) in [6.45, 7) is 0. The summed E-state index contributed by atoms with van der Waals surface area (Å²) in [5, 5.41) is 29.6. The Labute approximate surface area is 190 Å². The van der Waals surface area contributed by atoms with E-state index in [1.54, 1.807) is 22.7 Å². The molecule has 29 heavy (non-hydrogen) atoms. The number of halogens is 1. The molecule has 4 rings (SSSR count). The fourth-order valence-electron chi connectivity index (χ4n) is 3.26. The Bertz CT molecular complexity index is 952. The zero-order valence-electron chi connectivity index (χ0n) is 16.3. The van der Waals surface area contributed by atoms with Crippen molar-refractivity contribution in [2.24, 2.45) is 10.3 Å². The zero-order chi connectivity index (χ0) is 20.8. The molecule has 4 heterocycles. The molecule has 6 nitrogen and oxygen atoms in total. The summed E-state index contributed by atoms with van der Waals surface area (Å²) in [5.74, 6) is 0. The van der Waals surface area contributed by atoms with Crippen LogP contribution >= 0.6 is 38.6 Å². The van der Waals surface area contributed by atoms with E-state index in [1.165, 1.54) is 2.89 Å². The summed E-state index contributed by atoms with van der Waals surface area (Å²) in [6.07, 6.45) is -2.49. The molecule has 2 aromatic heterocycles. The van der Waals surface area contributed by atoms with Gasteiger partial charge in [-0.25, -0.2) is 0 Å². The van der Waals surface area contributed by atoms with Crippen molar-refractivity contribution in [2.45, 2.75) is 52.1 Å². The van der Waals surface area contributed by atoms with Crippen molar-refractivity contribution in [3.05, 3.63) is 37.8 Å². The maximum atomic E-state index is 10.7. The van der Waals surface area contributed by atoms with Crippen LogP contribution in [-0.2, 0) is 9.68 Å². The molecule has 0 fully saturated rings. The molecular weight excluding hydrogens is 583 g/mol. The van der Waals surface area contributed by atoms with E-state index in [1.807, 2.05) is 12.1 Å². The molecule has 0 spiro atoms. The number of thiophene rings is 2. The molecule has 4 atom stereocenters. The SMILES string of the molecule is [CH3][Sn]([CH3])([CH3])[c]1ccc(C2=NOC(C(O)C(O)C3CC(c4ccc(Br)s4)=NO3)C2)s1. The van der Waals surface area contributed by atoms with Crippen molar-refractivity contribution in [2.75, 3.05) is 0 Å². The minimum atomic E-state index is -2.11. The van der Waals surface area contributed by atoms with E-state index in [0.717, 1.165) is 25.0 Å². The summed E-state index contributed by atoms with van der Waals surface area (Å²) in [5.41, 5.74) is 1.61. The van der Waals surface area contributed by atoms with Gasteiger partial charge in [0.05, 0.1) is 3.79 Å². The average molecular weight is 606 g/mol.